The van der Waals surface area contributed by atoms with Gasteiger partial charge in [-0.15, -0.1) is 0 Å². The molecule has 1 amide bonds. The summed E-state index contributed by atoms with van der Waals surface area (Å²) in [7, 11) is 2.26. The van der Waals surface area contributed by atoms with Crippen molar-refractivity contribution in [2.45, 2.75) is 31.2 Å². The fourth-order valence-corrected chi connectivity index (χ4v) is 2.29. The minimum atomic E-state index is -4.25. The molecule has 112 valence electrons. The van der Waals surface area contributed by atoms with Crippen LogP contribution in [0.2, 0.25) is 0 Å². The number of halogens is 3. The summed E-state index contributed by atoms with van der Waals surface area (Å²) in [5.74, 6) is -3.64. The lowest BCUT2D eigenvalue weighted by Gasteiger charge is -2.24. The van der Waals surface area contributed by atoms with Crippen molar-refractivity contribution in [3.63, 3.8) is 0 Å². The molecule has 0 saturated heterocycles. The normalized spacial score (nSPS) is 13.1. The van der Waals surface area contributed by atoms with E-state index in [1.165, 1.54) is 11.9 Å². The van der Waals surface area contributed by atoms with Crippen molar-refractivity contribution in [2.75, 3.05) is 7.05 Å². The van der Waals surface area contributed by atoms with E-state index >= 15 is 0 Å². The van der Waals surface area contributed by atoms with Gasteiger partial charge in [-0.1, -0.05) is 6.92 Å². The van der Waals surface area contributed by atoms with E-state index in [0.717, 1.165) is 6.07 Å². The van der Waals surface area contributed by atoms with Crippen LogP contribution < -0.4 is 0 Å². The minimum Gasteiger partial charge on any atom is -0.339 e. The molecule has 0 heterocycles. The standard InChI is InChI=1S/C12H14ClF2NO3S/c1-4-7(2)16(3)12(17)9-5-8(20(13,18)19)6-10(14)11(9)15/h5-7H,4H2,1-3H3. The Hall–Kier alpha value is -1.21. The van der Waals surface area contributed by atoms with Crippen molar-refractivity contribution in [2.24, 2.45) is 0 Å². The van der Waals surface area contributed by atoms with Gasteiger partial charge in [0.15, 0.2) is 11.6 Å². The van der Waals surface area contributed by atoms with Gasteiger partial charge in [0.05, 0.1) is 10.5 Å². The van der Waals surface area contributed by atoms with E-state index in [9.17, 15) is 22.0 Å². The molecule has 1 aromatic rings. The highest BCUT2D eigenvalue weighted by atomic mass is 35.7. The first-order chi connectivity index (χ1) is 9.09. The third-order valence-corrected chi connectivity index (χ3v) is 4.42. The molecule has 0 spiro atoms. The Balaban J connectivity index is 3.38. The summed E-state index contributed by atoms with van der Waals surface area (Å²) >= 11 is 0. The summed E-state index contributed by atoms with van der Waals surface area (Å²) in [6.07, 6.45) is 0.611. The number of hydrogen-bond acceptors (Lipinski definition) is 3. The zero-order chi connectivity index (χ0) is 15.7. The molecule has 0 fully saturated rings. The largest absolute Gasteiger partial charge is 0.339 e. The van der Waals surface area contributed by atoms with Gasteiger partial charge in [-0.25, -0.2) is 17.2 Å². The first-order valence-electron chi connectivity index (χ1n) is 5.80. The zero-order valence-corrected chi connectivity index (χ0v) is 12.7. The smallest absolute Gasteiger partial charge is 0.261 e. The van der Waals surface area contributed by atoms with Crippen molar-refractivity contribution in [3.05, 3.63) is 29.3 Å². The zero-order valence-electron chi connectivity index (χ0n) is 11.2. The molecule has 20 heavy (non-hydrogen) atoms. The maximum absolute atomic E-state index is 13.7. The van der Waals surface area contributed by atoms with Crippen molar-refractivity contribution in [3.8, 4) is 0 Å². The molecular formula is C12H14ClF2NO3S. The van der Waals surface area contributed by atoms with Gasteiger partial charge in [0.25, 0.3) is 15.0 Å². The predicted octanol–water partition coefficient (Wildman–Crippen LogP) is 2.76. The molecule has 0 N–H and O–H groups in total. The molecule has 4 nitrogen and oxygen atoms in total. The number of nitrogens with zero attached hydrogens (tertiary/aromatic N) is 1. The van der Waals surface area contributed by atoms with Gasteiger partial charge in [0, 0.05) is 23.8 Å². The molecule has 1 atom stereocenters. The second kappa shape index (κ2) is 6.05. The van der Waals surface area contributed by atoms with Crippen LogP contribution in [0.1, 0.15) is 30.6 Å². The Morgan fingerprint density at radius 3 is 2.40 bits per heavy atom. The molecule has 8 heteroatoms. The van der Waals surface area contributed by atoms with E-state index in [-0.39, 0.29) is 6.04 Å². The van der Waals surface area contributed by atoms with Crippen molar-refractivity contribution < 1.29 is 22.0 Å². The third-order valence-electron chi connectivity index (χ3n) is 3.09. The van der Waals surface area contributed by atoms with E-state index < -0.39 is 37.1 Å². The number of hydrogen-bond donors (Lipinski definition) is 0. The van der Waals surface area contributed by atoms with Crippen molar-refractivity contribution in [1.29, 1.82) is 0 Å². The molecule has 1 aromatic carbocycles. The van der Waals surface area contributed by atoms with Crippen LogP contribution in [-0.2, 0) is 9.05 Å². The topological polar surface area (TPSA) is 54.5 Å². The highest BCUT2D eigenvalue weighted by molar-refractivity contribution is 8.13. The molecule has 0 aromatic heterocycles. The average molecular weight is 326 g/mol. The number of benzene rings is 1. The van der Waals surface area contributed by atoms with Crippen LogP contribution in [0.25, 0.3) is 0 Å². The van der Waals surface area contributed by atoms with Gasteiger partial charge in [-0.3, -0.25) is 4.79 Å². The first kappa shape index (κ1) is 16.8. The van der Waals surface area contributed by atoms with Crippen molar-refractivity contribution in [1.82, 2.24) is 4.90 Å². The van der Waals surface area contributed by atoms with Crippen LogP contribution in [-0.4, -0.2) is 32.3 Å². The lowest BCUT2D eigenvalue weighted by Crippen LogP contribution is -2.35. The summed E-state index contributed by atoms with van der Waals surface area (Å²) in [5, 5.41) is 0. The highest BCUT2D eigenvalue weighted by Gasteiger charge is 2.25. The molecule has 1 rings (SSSR count). The number of carbonyl (C=O) groups is 1. The van der Waals surface area contributed by atoms with Gasteiger partial charge in [-0.05, 0) is 25.5 Å². The SMILES string of the molecule is CCC(C)N(C)C(=O)c1cc(S(=O)(=O)Cl)cc(F)c1F. The van der Waals surface area contributed by atoms with E-state index in [1.807, 2.05) is 6.92 Å². The molecule has 1 unspecified atom stereocenters. The predicted molar refractivity (Wildman–Crippen MR) is 71.2 cm³/mol. The van der Waals surface area contributed by atoms with Gasteiger partial charge < -0.3 is 4.90 Å². The monoisotopic (exact) mass is 325 g/mol. The quantitative estimate of drug-likeness (QED) is 0.800. The second-order valence-electron chi connectivity index (χ2n) is 4.38. The highest BCUT2D eigenvalue weighted by Crippen LogP contribution is 2.23. The van der Waals surface area contributed by atoms with Crippen LogP contribution in [0, 0.1) is 11.6 Å². The molecule has 0 radical (unpaired) electrons. The van der Waals surface area contributed by atoms with E-state index in [0.29, 0.717) is 12.5 Å². The summed E-state index contributed by atoms with van der Waals surface area (Å²) in [4.78, 5) is 12.6. The fraction of sp³-hybridized carbons (Fsp3) is 0.417. The second-order valence-corrected chi connectivity index (χ2v) is 6.94. The van der Waals surface area contributed by atoms with Crippen LogP contribution in [0.4, 0.5) is 8.78 Å². The lowest BCUT2D eigenvalue weighted by molar-refractivity contribution is 0.0734. The summed E-state index contributed by atoms with van der Waals surface area (Å²) in [5.41, 5.74) is -0.660. The third kappa shape index (κ3) is 3.46. The molecular weight excluding hydrogens is 312 g/mol. The molecule has 0 saturated carbocycles. The van der Waals surface area contributed by atoms with Gasteiger partial charge in [0.1, 0.15) is 0 Å². The van der Waals surface area contributed by atoms with Crippen LogP contribution in [0.5, 0.6) is 0 Å². The number of amides is 1. The van der Waals surface area contributed by atoms with Crippen LogP contribution in [0.3, 0.4) is 0 Å². The minimum absolute atomic E-state index is 0.207. The molecule has 0 aliphatic carbocycles. The first-order valence-corrected chi connectivity index (χ1v) is 8.11. The van der Waals surface area contributed by atoms with Gasteiger partial charge in [0.2, 0.25) is 0 Å². The Kier molecular flexibility index (Phi) is 5.10. The van der Waals surface area contributed by atoms with Crippen LogP contribution in [0.15, 0.2) is 17.0 Å². The summed E-state index contributed by atoms with van der Waals surface area (Å²) in [6, 6.07) is 0.973. The Morgan fingerprint density at radius 1 is 1.40 bits per heavy atom. The maximum Gasteiger partial charge on any atom is 0.261 e. The number of carbonyl (C=O) groups excluding carboxylic acids is 1. The van der Waals surface area contributed by atoms with Crippen LogP contribution >= 0.6 is 10.7 Å². The lowest BCUT2D eigenvalue weighted by atomic mass is 10.1. The fourth-order valence-electron chi connectivity index (χ4n) is 1.52. The number of rotatable bonds is 4. The van der Waals surface area contributed by atoms with E-state index in [2.05, 4.69) is 0 Å². The van der Waals surface area contributed by atoms with Gasteiger partial charge in [-0.2, -0.15) is 0 Å². The average Bonchev–Trinajstić information content (AvgIpc) is 2.37. The molecule has 0 bridgehead atoms. The van der Waals surface area contributed by atoms with Crippen molar-refractivity contribution >= 4 is 25.6 Å². The molecule has 0 aliphatic heterocycles. The summed E-state index contributed by atoms with van der Waals surface area (Å²) < 4.78 is 49.5. The Morgan fingerprint density at radius 2 is 1.95 bits per heavy atom. The Labute approximate surface area is 120 Å². The van der Waals surface area contributed by atoms with E-state index in [4.69, 9.17) is 10.7 Å². The summed E-state index contributed by atoms with van der Waals surface area (Å²) in [6.45, 7) is 3.55. The maximum atomic E-state index is 13.7. The Bertz CT molecular complexity index is 634. The van der Waals surface area contributed by atoms with Gasteiger partial charge >= 0.3 is 0 Å². The molecule has 0 aliphatic rings. The van der Waals surface area contributed by atoms with E-state index in [1.54, 1.807) is 6.92 Å².